The Morgan fingerprint density at radius 1 is 1.09 bits per heavy atom. The number of carbonyl (C=O) groups is 1. The van der Waals surface area contributed by atoms with Gasteiger partial charge in [0.25, 0.3) is 0 Å². The van der Waals surface area contributed by atoms with Gasteiger partial charge in [0.1, 0.15) is 19.1 Å². The Labute approximate surface area is 143 Å². The number of benzene rings is 2. The van der Waals surface area contributed by atoms with Gasteiger partial charge in [-0.05, 0) is 15.9 Å². The van der Waals surface area contributed by atoms with E-state index >= 15 is 0 Å². The molecule has 3 nitrogen and oxygen atoms in total. The summed E-state index contributed by atoms with van der Waals surface area (Å²) in [6.07, 6.45) is -0.791. The highest BCUT2D eigenvalue weighted by Gasteiger charge is 2.69. The van der Waals surface area contributed by atoms with Gasteiger partial charge in [-0.2, -0.15) is 4.79 Å². The zero-order chi connectivity index (χ0) is 16.5. The Morgan fingerprint density at radius 3 is 1.78 bits per heavy atom. The Bertz CT molecular complexity index is 649. The van der Waals surface area contributed by atoms with Gasteiger partial charge in [-0.1, -0.05) is 60.7 Å². The lowest BCUT2D eigenvalue weighted by Gasteiger charge is -2.33. The number of nitrogens with zero attached hydrogens (tertiary/aromatic N) is 1. The molecule has 1 N–H and O–H groups in total. The minimum absolute atomic E-state index is 0.207. The van der Waals surface area contributed by atoms with Gasteiger partial charge in [0.2, 0.25) is 4.58 Å². The number of alkyl halides is 2. The Kier molecular flexibility index (Phi) is 4.25. The fourth-order valence-electron chi connectivity index (χ4n) is 3.10. The van der Waals surface area contributed by atoms with Crippen LogP contribution in [-0.4, -0.2) is 26.3 Å². The third kappa shape index (κ3) is 3.31. The standard InChI is InChI=1S/C18H17BrFNO2/c19-18(20)11-16(18)21(17(22)23,12-14-7-3-1-4-8-14)13-15-9-5-2-6-10-15/h1-10,16H,11-13H2/p+1. The molecule has 3 rings (SSSR count). The largest absolute Gasteiger partial charge is 0.514 e. The quantitative estimate of drug-likeness (QED) is 0.603. The van der Waals surface area contributed by atoms with E-state index in [-0.39, 0.29) is 24.0 Å². The van der Waals surface area contributed by atoms with Crippen molar-refractivity contribution in [3.8, 4) is 0 Å². The van der Waals surface area contributed by atoms with E-state index in [9.17, 15) is 14.3 Å². The molecule has 0 heterocycles. The third-order valence-corrected chi connectivity index (χ3v) is 5.24. The lowest BCUT2D eigenvalue weighted by atomic mass is 10.1. The van der Waals surface area contributed by atoms with E-state index < -0.39 is 16.7 Å². The third-order valence-electron chi connectivity index (χ3n) is 4.39. The summed E-state index contributed by atoms with van der Waals surface area (Å²) in [6, 6.07) is 18.2. The predicted molar refractivity (Wildman–Crippen MR) is 89.7 cm³/mol. The Morgan fingerprint density at radius 2 is 1.48 bits per heavy atom. The molecule has 0 aliphatic heterocycles. The first-order chi connectivity index (χ1) is 10.9. The van der Waals surface area contributed by atoms with Crippen LogP contribution in [0.15, 0.2) is 60.7 Å². The second-order valence-corrected chi connectivity index (χ2v) is 7.40. The van der Waals surface area contributed by atoms with Crippen LogP contribution in [0.2, 0.25) is 0 Å². The van der Waals surface area contributed by atoms with Gasteiger partial charge in [-0.3, -0.25) is 0 Å². The van der Waals surface area contributed by atoms with Gasteiger partial charge >= 0.3 is 6.09 Å². The molecule has 1 amide bonds. The fraction of sp³-hybridized carbons (Fsp3) is 0.278. The summed E-state index contributed by atoms with van der Waals surface area (Å²) >= 11 is 3.04. The normalized spacial score (nSPS) is 23.5. The van der Waals surface area contributed by atoms with Crippen molar-refractivity contribution in [3.63, 3.8) is 0 Å². The average molecular weight is 379 g/mol. The second-order valence-electron chi connectivity index (χ2n) is 6.09. The summed E-state index contributed by atoms with van der Waals surface area (Å²) in [5, 5.41) is 9.97. The van der Waals surface area contributed by atoms with Gasteiger partial charge in [0, 0.05) is 11.1 Å². The predicted octanol–water partition coefficient (Wildman–Crippen LogP) is 4.71. The molecule has 23 heavy (non-hydrogen) atoms. The van der Waals surface area contributed by atoms with Crippen molar-refractivity contribution in [2.24, 2.45) is 0 Å². The summed E-state index contributed by atoms with van der Waals surface area (Å²) in [5.74, 6) is 0. The van der Waals surface area contributed by atoms with Crippen molar-refractivity contribution in [1.82, 2.24) is 0 Å². The van der Waals surface area contributed by atoms with E-state index in [0.29, 0.717) is 0 Å². The van der Waals surface area contributed by atoms with Crippen molar-refractivity contribution in [1.29, 1.82) is 0 Å². The van der Waals surface area contributed by atoms with Crippen molar-refractivity contribution in [3.05, 3.63) is 71.8 Å². The number of hydrogen-bond donors (Lipinski definition) is 1. The molecule has 0 spiro atoms. The van der Waals surface area contributed by atoms with Gasteiger partial charge < -0.3 is 5.11 Å². The Hall–Kier alpha value is -1.72. The number of rotatable bonds is 5. The van der Waals surface area contributed by atoms with E-state index in [1.54, 1.807) is 0 Å². The highest BCUT2D eigenvalue weighted by atomic mass is 79.9. The van der Waals surface area contributed by atoms with Crippen LogP contribution in [0.5, 0.6) is 0 Å². The summed E-state index contributed by atoms with van der Waals surface area (Å²) in [5.41, 5.74) is 1.78. The van der Waals surface area contributed by atoms with Crippen molar-refractivity contribution in [2.75, 3.05) is 0 Å². The van der Waals surface area contributed by atoms with Crippen LogP contribution >= 0.6 is 15.9 Å². The maximum Gasteiger partial charge on any atom is 0.514 e. The molecule has 0 radical (unpaired) electrons. The minimum Gasteiger partial charge on any atom is -0.435 e. The molecule has 1 aliphatic carbocycles. The fourth-order valence-corrected chi connectivity index (χ4v) is 3.80. The highest BCUT2D eigenvalue weighted by molar-refractivity contribution is 9.10. The van der Waals surface area contributed by atoms with E-state index in [2.05, 4.69) is 15.9 Å². The van der Waals surface area contributed by atoms with Crippen LogP contribution in [0.3, 0.4) is 0 Å². The zero-order valence-corrected chi connectivity index (χ0v) is 14.1. The molecular formula is C18H18BrFNO2+. The van der Waals surface area contributed by atoms with Crippen molar-refractivity contribution in [2.45, 2.75) is 30.1 Å². The topological polar surface area (TPSA) is 37.3 Å². The first kappa shape index (κ1) is 16.1. The molecule has 2 atom stereocenters. The van der Waals surface area contributed by atoms with Crippen LogP contribution in [0, 0.1) is 0 Å². The van der Waals surface area contributed by atoms with Gasteiger partial charge in [0.05, 0.1) is 6.42 Å². The first-order valence-electron chi connectivity index (χ1n) is 7.50. The summed E-state index contributed by atoms with van der Waals surface area (Å²) < 4.78 is 12.4. The summed E-state index contributed by atoms with van der Waals surface area (Å²) in [4.78, 5) is 12.2. The van der Waals surface area contributed by atoms with E-state index in [4.69, 9.17) is 0 Å². The summed E-state index contributed by atoms with van der Waals surface area (Å²) in [7, 11) is 0. The monoisotopic (exact) mass is 378 g/mol. The smallest absolute Gasteiger partial charge is 0.435 e. The highest BCUT2D eigenvalue weighted by Crippen LogP contribution is 2.54. The van der Waals surface area contributed by atoms with Gasteiger partial charge in [-0.25, -0.2) is 8.87 Å². The lowest BCUT2D eigenvalue weighted by molar-refractivity contribution is -0.896. The number of hydrogen-bond acceptors (Lipinski definition) is 1. The van der Waals surface area contributed by atoms with E-state index in [1.165, 1.54) is 0 Å². The molecule has 0 saturated heterocycles. The molecule has 2 aromatic rings. The van der Waals surface area contributed by atoms with Crippen molar-refractivity contribution >= 4 is 22.0 Å². The first-order valence-corrected chi connectivity index (χ1v) is 8.29. The molecule has 5 heteroatoms. The molecular weight excluding hydrogens is 361 g/mol. The number of quaternary nitrogens is 1. The number of carboxylic acid groups (broad SMARTS) is 1. The maximum atomic E-state index is 14.4. The van der Waals surface area contributed by atoms with Crippen LogP contribution in [0.25, 0.3) is 0 Å². The van der Waals surface area contributed by atoms with E-state index in [1.807, 2.05) is 60.7 Å². The summed E-state index contributed by atoms with van der Waals surface area (Å²) in [6.45, 7) is 0.514. The molecule has 2 unspecified atom stereocenters. The zero-order valence-electron chi connectivity index (χ0n) is 12.5. The molecule has 1 fully saturated rings. The SMILES string of the molecule is O=C(O)[N+](Cc1ccccc1)(Cc1ccccc1)C1CC1(F)Br. The van der Waals surface area contributed by atoms with Crippen molar-refractivity contribution < 1.29 is 18.8 Å². The van der Waals surface area contributed by atoms with Crippen LogP contribution < -0.4 is 0 Å². The second kappa shape index (κ2) is 6.06. The molecule has 1 saturated carbocycles. The molecule has 1 aliphatic rings. The molecule has 0 aromatic heterocycles. The molecule has 2 aromatic carbocycles. The number of halogens is 2. The van der Waals surface area contributed by atoms with E-state index in [0.717, 1.165) is 11.1 Å². The minimum atomic E-state index is -1.60. The van der Waals surface area contributed by atoms with Crippen LogP contribution in [-0.2, 0) is 13.1 Å². The van der Waals surface area contributed by atoms with Gasteiger partial charge in [0.15, 0.2) is 0 Å². The molecule has 0 bridgehead atoms. The average Bonchev–Trinajstić information content (AvgIpc) is 3.17. The molecule has 120 valence electrons. The van der Waals surface area contributed by atoms with Gasteiger partial charge in [-0.15, -0.1) is 0 Å². The maximum absolute atomic E-state index is 14.4. The van der Waals surface area contributed by atoms with Crippen LogP contribution in [0.4, 0.5) is 9.18 Å². The lowest BCUT2D eigenvalue weighted by Crippen LogP contribution is -2.54. The number of amides is 1. The van der Waals surface area contributed by atoms with Crippen LogP contribution in [0.1, 0.15) is 17.5 Å². The Balaban J connectivity index is 1.98.